The summed E-state index contributed by atoms with van der Waals surface area (Å²) in [6.45, 7) is 8.50. The fraction of sp³-hybridized carbons (Fsp3) is 0.679. The third-order valence-corrected chi connectivity index (χ3v) is 7.46. The van der Waals surface area contributed by atoms with E-state index in [0.717, 1.165) is 38.1 Å². The van der Waals surface area contributed by atoms with Crippen molar-refractivity contribution in [1.82, 2.24) is 19.8 Å². The molecular formula is C28H40F2N4O5. The van der Waals surface area contributed by atoms with Gasteiger partial charge in [0.2, 0.25) is 11.8 Å². The van der Waals surface area contributed by atoms with Crippen molar-refractivity contribution in [2.75, 3.05) is 39.8 Å². The van der Waals surface area contributed by atoms with E-state index in [1.807, 2.05) is 13.8 Å². The maximum absolute atomic E-state index is 16.2. The molecule has 1 aromatic rings. The van der Waals surface area contributed by atoms with Gasteiger partial charge < -0.3 is 28.7 Å². The molecular weight excluding hydrogens is 510 g/mol. The summed E-state index contributed by atoms with van der Waals surface area (Å²) in [4.78, 5) is 24.4. The molecule has 1 aromatic heterocycles. The first kappa shape index (κ1) is 29.2. The number of piperidine rings is 2. The maximum Gasteiger partial charge on any atom is 0.410 e. The minimum atomic E-state index is -1.91. The lowest BCUT2D eigenvalue weighted by atomic mass is 9.89. The van der Waals surface area contributed by atoms with E-state index >= 15 is 4.39 Å². The molecule has 3 heterocycles. The van der Waals surface area contributed by atoms with E-state index in [2.05, 4.69) is 14.9 Å². The van der Waals surface area contributed by atoms with Crippen LogP contribution in [0.2, 0.25) is 0 Å². The third kappa shape index (κ3) is 7.66. The lowest BCUT2D eigenvalue weighted by Crippen LogP contribution is -2.46. The summed E-state index contributed by atoms with van der Waals surface area (Å²) < 4.78 is 53.3. The summed E-state index contributed by atoms with van der Waals surface area (Å²) in [6, 6.07) is 0. The van der Waals surface area contributed by atoms with Gasteiger partial charge in [-0.2, -0.15) is 0 Å². The Kier molecular flexibility index (Phi) is 9.76. The summed E-state index contributed by atoms with van der Waals surface area (Å²) in [7, 11) is 1.70. The summed E-state index contributed by atoms with van der Waals surface area (Å²) in [5.41, 5.74) is -1.41. The number of carbonyl (C=O) groups is 1. The van der Waals surface area contributed by atoms with Gasteiger partial charge in [-0.25, -0.2) is 23.5 Å². The molecule has 216 valence electrons. The Bertz CT molecular complexity index is 1050. The van der Waals surface area contributed by atoms with E-state index in [1.165, 1.54) is 12.4 Å². The first-order chi connectivity index (χ1) is 18.7. The molecule has 9 nitrogen and oxygen atoms in total. The molecule has 3 aliphatic rings. The van der Waals surface area contributed by atoms with Gasteiger partial charge >= 0.3 is 6.09 Å². The van der Waals surface area contributed by atoms with Crippen LogP contribution in [0.3, 0.4) is 0 Å². The van der Waals surface area contributed by atoms with Gasteiger partial charge in [-0.1, -0.05) is 0 Å². The summed E-state index contributed by atoms with van der Waals surface area (Å²) in [5.74, 6) is -0.0965. The number of alkyl halides is 1. The van der Waals surface area contributed by atoms with Crippen LogP contribution < -0.4 is 9.47 Å². The largest absolute Gasteiger partial charge is 0.474 e. The van der Waals surface area contributed by atoms with Crippen molar-refractivity contribution in [3.05, 3.63) is 35.9 Å². The number of amides is 1. The number of aromatic nitrogens is 2. The highest BCUT2D eigenvalue weighted by Gasteiger charge is 2.41. The third-order valence-electron chi connectivity index (χ3n) is 7.46. The number of ether oxygens (including phenoxy) is 4. The smallest absolute Gasteiger partial charge is 0.410 e. The van der Waals surface area contributed by atoms with E-state index in [1.54, 1.807) is 18.9 Å². The second-order valence-corrected chi connectivity index (χ2v) is 10.7. The molecule has 0 aromatic carbocycles. The van der Waals surface area contributed by atoms with Gasteiger partial charge in [-0.05, 0) is 58.4 Å². The maximum atomic E-state index is 16.2. The molecule has 4 rings (SSSR count). The van der Waals surface area contributed by atoms with Crippen LogP contribution in [-0.2, 0) is 9.47 Å². The van der Waals surface area contributed by atoms with Crippen LogP contribution in [0.4, 0.5) is 13.6 Å². The second kappa shape index (κ2) is 13.0. The van der Waals surface area contributed by atoms with Crippen molar-refractivity contribution in [3.8, 4) is 11.8 Å². The fourth-order valence-corrected chi connectivity index (χ4v) is 5.11. The Morgan fingerprint density at radius 3 is 2.54 bits per heavy atom. The van der Waals surface area contributed by atoms with Gasteiger partial charge in [-0.15, -0.1) is 0 Å². The number of likely N-dealkylation sites (tertiary alicyclic amines) is 2. The Morgan fingerprint density at radius 2 is 1.85 bits per heavy atom. The van der Waals surface area contributed by atoms with Crippen molar-refractivity contribution in [2.24, 2.45) is 0 Å². The number of carbonyl (C=O) groups excluding carboxylic acids is 1. The number of hydrogen-bond acceptors (Lipinski definition) is 8. The molecule has 3 unspecified atom stereocenters. The first-order valence-electron chi connectivity index (χ1n) is 13.8. The monoisotopic (exact) mass is 550 g/mol. The predicted molar refractivity (Wildman–Crippen MR) is 141 cm³/mol. The standard InChI is InChI=1S/C28H40F2N4O5/c1-19(2)37-27(35)34-13-8-22(9-14-34)38-25-20(3)26(32-18-31-25)39-24-16-21(29)7-10-28(24,30)11-15-33-12-5-6-23(17-33)36-4/h7,10,16,18-19,22-24H,5-6,8-9,11-15,17H2,1-4H3. The van der Waals surface area contributed by atoms with Crippen LogP contribution in [0, 0.1) is 6.92 Å². The molecule has 3 atom stereocenters. The predicted octanol–water partition coefficient (Wildman–Crippen LogP) is 4.55. The molecule has 11 heteroatoms. The molecule has 39 heavy (non-hydrogen) atoms. The molecule has 0 N–H and O–H groups in total. The highest BCUT2D eigenvalue weighted by molar-refractivity contribution is 5.67. The molecule has 0 bridgehead atoms. The minimum Gasteiger partial charge on any atom is -0.474 e. The number of halogens is 2. The van der Waals surface area contributed by atoms with Crippen molar-refractivity contribution in [2.45, 2.75) is 83.0 Å². The van der Waals surface area contributed by atoms with E-state index in [0.29, 0.717) is 43.9 Å². The Hall–Kier alpha value is -2.79. The van der Waals surface area contributed by atoms with Crippen molar-refractivity contribution < 1.29 is 32.5 Å². The van der Waals surface area contributed by atoms with Gasteiger partial charge in [0.1, 0.15) is 18.3 Å². The van der Waals surface area contributed by atoms with E-state index < -0.39 is 17.6 Å². The quantitative estimate of drug-likeness (QED) is 0.443. The van der Waals surface area contributed by atoms with Crippen molar-refractivity contribution >= 4 is 6.09 Å². The van der Waals surface area contributed by atoms with E-state index in [4.69, 9.17) is 18.9 Å². The number of allylic oxidation sites excluding steroid dienone is 2. The van der Waals surface area contributed by atoms with Crippen LogP contribution in [0.25, 0.3) is 0 Å². The van der Waals surface area contributed by atoms with Crippen molar-refractivity contribution in [3.63, 3.8) is 0 Å². The average Bonchev–Trinajstić information content (AvgIpc) is 2.92. The lowest BCUT2D eigenvalue weighted by Gasteiger charge is -2.36. The average molecular weight is 551 g/mol. The zero-order valence-electron chi connectivity index (χ0n) is 23.3. The molecule has 1 aliphatic carbocycles. The summed E-state index contributed by atoms with van der Waals surface area (Å²) in [6.07, 6.45) is 6.49. The number of methoxy groups -OCH3 is 1. The van der Waals surface area contributed by atoms with Crippen LogP contribution >= 0.6 is 0 Å². The van der Waals surface area contributed by atoms with Gasteiger partial charge in [0.25, 0.3) is 0 Å². The molecule has 0 saturated carbocycles. The molecule has 2 fully saturated rings. The van der Waals surface area contributed by atoms with Gasteiger partial charge in [-0.3, -0.25) is 0 Å². The zero-order valence-corrected chi connectivity index (χ0v) is 23.3. The van der Waals surface area contributed by atoms with Gasteiger partial charge in [0, 0.05) is 52.6 Å². The highest BCUT2D eigenvalue weighted by atomic mass is 19.1. The molecule has 0 radical (unpaired) electrons. The fourth-order valence-electron chi connectivity index (χ4n) is 5.11. The summed E-state index contributed by atoms with van der Waals surface area (Å²) >= 11 is 0. The number of rotatable bonds is 9. The highest BCUT2D eigenvalue weighted by Crippen LogP contribution is 2.35. The van der Waals surface area contributed by atoms with Gasteiger partial charge in [0.05, 0.1) is 17.8 Å². The second-order valence-electron chi connectivity index (χ2n) is 10.7. The SMILES string of the molecule is COC1CCCN(CCC2(F)C=CC(F)=CC2Oc2ncnc(OC3CCN(C(=O)OC(C)C)CC3)c2C)C1. The van der Waals surface area contributed by atoms with Crippen LogP contribution in [0.15, 0.2) is 30.4 Å². The minimum absolute atomic E-state index is 0.139. The zero-order chi connectivity index (χ0) is 28.0. The lowest BCUT2D eigenvalue weighted by molar-refractivity contribution is 0.0145. The van der Waals surface area contributed by atoms with Crippen molar-refractivity contribution in [1.29, 1.82) is 0 Å². The first-order valence-corrected chi connectivity index (χ1v) is 13.8. The van der Waals surface area contributed by atoms with E-state index in [-0.39, 0.29) is 36.7 Å². The van der Waals surface area contributed by atoms with Crippen LogP contribution in [-0.4, -0.2) is 95.8 Å². The Balaban J connectivity index is 1.38. The normalized spacial score (nSPS) is 26.4. The Morgan fingerprint density at radius 1 is 1.13 bits per heavy atom. The van der Waals surface area contributed by atoms with Gasteiger partial charge in [0.15, 0.2) is 11.8 Å². The molecule has 0 spiro atoms. The molecule has 2 aliphatic heterocycles. The topological polar surface area (TPSA) is 86.3 Å². The number of nitrogens with zero attached hydrogens (tertiary/aromatic N) is 4. The molecule has 2 saturated heterocycles. The van der Waals surface area contributed by atoms with E-state index in [9.17, 15) is 9.18 Å². The Labute approximate surface area is 229 Å². The van der Waals surface area contributed by atoms with Crippen LogP contribution in [0.1, 0.15) is 51.5 Å². The van der Waals surface area contributed by atoms with Crippen LogP contribution in [0.5, 0.6) is 11.8 Å². The number of hydrogen-bond donors (Lipinski definition) is 0. The summed E-state index contributed by atoms with van der Waals surface area (Å²) in [5, 5.41) is 0. The molecule has 1 amide bonds.